The number of halogens is 1. The van der Waals surface area contributed by atoms with E-state index in [0.29, 0.717) is 17.1 Å². The predicted octanol–water partition coefficient (Wildman–Crippen LogP) is 4.05. The van der Waals surface area contributed by atoms with E-state index in [0.717, 1.165) is 17.7 Å². The molecule has 1 saturated heterocycles. The Morgan fingerprint density at radius 2 is 1.97 bits per heavy atom. The predicted molar refractivity (Wildman–Crippen MR) is 111 cm³/mol. The summed E-state index contributed by atoms with van der Waals surface area (Å²) in [5.41, 5.74) is 2.52. The van der Waals surface area contributed by atoms with Crippen molar-refractivity contribution in [3.63, 3.8) is 0 Å². The van der Waals surface area contributed by atoms with Crippen molar-refractivity contribution in [3.8, 4) is 11.5 Å². The summed E-state index contributed by atoms with van der Waals surface area (Å²) < 4.78 is 10.9. The van der Waals surface area contributed by atoms with Crippen LogP contribution in [0.4, 0.5) is 5.69 Å². The molecule has 1 aliphatic rings. The molecule has 0 N–H and O–H groups in total. The van der Waals surface area contributed by atoms with Crippen molar-refractivity contribution in [2.24, 2.45) is 5.92 Å². The molecule has 0 spiro atoms. The van der Waals surface area contributed by atoms with Gasteiger partial charge in [-0.25, -0.2) is 0 Å². The summed E-state index contributed by atoms with van der Waals surface area (Å²) in [4.78, 5) is 26.7. The molecule has 0 bridgehead atoms. The highest BCUT2D eigenvalue weighted by atomic mass is 35.5. The average molecular weight is 426 g/mol. The van der Waals surface area contributed by atoms with E-state index in [2.05, 4.69) is 10.2 Å². The molecule has 0 aliphatic carbocycles. The lowest BCUT2D eigenvalue weighted by molar-refractivity contribution is -0.150. The molecule has 1 aromatic heterocycles. The normalized spacial score (nSPS) is 16.1. The Labute approximate surface area is 178 Å². The molecule has 1 fully saturated rings. The fraction of sp³-hybridized carbons (Fsp3) is 0.273. The molecule has 1 atom stereocenters. The van der Waals surface area contributed by atoms with E-state index in [4.69, 9.17) is 20.8 Å². The minimum absolute atomic E-state index is 0.0864. The number of nitrogens with zero attached hydrogens (tertiary/aromatic N) is 3. The molecule has 1 unspecified atom stereocenters. The zero-order valence-electron chi connectivity index (χ0n) is 16.4. The molecular weight excluding hydrogens is 406 g/mol. The van der Waals surface area contributed by atoms with Crippen molar-refractivity contribution in [2.75, 3.05) is 11.4 Å². The van der Waals surface area contributed by atoms with Gasteiger partial charge in [0.2, 0.25) is 11.8 Å². The highest BCUT2D eigenvalue weighted by molar-refractivity contribution is 6.33. The van der Waals surface area contributed by atoms with Crippen molar-refractivity contribution in [1.82, 2.24) is 10.2 Å². The van der Waals surface area contributed by atoms with E-state index in [1.165, 1.54) is 0 Å². The lowest BCUT2D eigenvalue weighted by Crippen LogP contribution is -2.27. The van der Waals surface area contributed by atoms with Crippen LogP contribution in [0.5, 0.6) is 0 Å². The fourth-order valence-electron chi connectivity index (χ4n) is 3.48. The van der Waals surface area contributed by atoms with E-state index in [1.807, 2.05) is 37.3 Å². The second kappa shape index (κ2) is 8.67. The third kappa shape index (κ3) is 4.07. The minimum Gasteiger partial charge on any atom is -0.455 e. The van der Waals surface area contributed by atoms with Crippen LogP contribution in [0, 0.1) is 5.92 Å². The van der Waals surface area contributed by atoms with Gasteiger partial charge in [-0.2, -0.15) is 0 Å². The number of hydrogen-bond donors (Lipinski definition) is 0. The fourth-order valence-corrected chi connectivity index (χ4v) is 3.69. The van der Waals surface area contributed by atoms with E-state index in [1.54, 1.807) is 23.1 Å². The summed E-state index contributed by atoms with van der Waals surface area (Å²) in [5.74, 6) is -0.664. The molecule has 2 aromatic carbocycles. The summed E-state index contributed by atoms with van der Waals surface area (Å²) >= 11 is 6.13. The Hall–Kier alpha value is -3.19. The van der Waals surface area contributed by atoms with Crippen LogP contribution in [0.25, 0.3) is 11.5 Å². The van der Waals surface area contributed by atoms with Crippen molar-refractivity contribution in [2.45, 2.75) is 26.4 Å². The van der Waals surface area contributed by atoms with Gasteiger partial charge in [0.15, 0.2) is 6.61 Å². The number of aryl methyl sites for hydroxylation is 1. The van der Waals surface area contributed by atoms with Crippen LogP contribution in [0.2, 0.25) is 5.02 Å². The Kier molecular flexibility index (Phi) is 5.81. The summed E-state index contributed by atoms with van der Waals surface area (Å²) in [7, 11) is 0. The second-order valence-electron chi connectivity index (χ2n) is 6.98. The largest absolute Gasteiger partial charge is 0.455 e. The molecule has 7 nitrogen and oxygen atoms in total. The van der Waals surface area contributed by atoms with E-state index < -0.39 is 11.9 Å². The van der Waals surface area contributed by atoms with Crippen LogP contribution in [0.1, 0.15) is 24.8 Å². The van der Waals surface area contributed by atoms with E-state index in [9.17, 15) is 9.59 Å². The van der Waals surface area contributed by atoms with Gasteiger partial charge < -0.3 is 14.1 Å². The van der Waals surface area contributed by atoms with Gasteiger partial charge >= 0.3 is 5.97 Å². The number of para-hydroxylation sites is 1. The topological polar surface area (TPSA) is 85.5 Å². The van der Waals surface area contributed by atoms with Crippen LogP contribution in [-0.4, -0.2) is 28.6 Å². The SMILES string of the molecule is CCc1ccccc1N1CC(C(=O)OCc2nnc(-c3ccccc3Cl)o2)CC1=O. The van der Waals surface area contributed by atoms with E-state index in [-0.39, 0.29) is 30.7 Å². The molecule has 3 aromatic rings. The number of esters is 1. The number of carbonyl (C=O) groups excluding carboxylic acids is 2. The smallest absolute Gasteiger partial charge is 0.311 e. The molecule has 0 saturated carbocycles. The van der Waals surface area contributed by atoms with Crippen molar-refractivity contribution >= 4 is 29.2 Å². The quantitative estimate of drug-likeness (QED) is 0.554. The Morgan fingerprint density at radius 3 is 2.77 bits per heavy atom. The van der Waals surface area contributed by atoms with Gasteiger partial charge in [-0.3, -0.25) is 9.59 Å². The lowest BCUT2D eigenvalue weighted by atomic mass is 10.1. The molecule has 30 heavy (non-hydrogen) atoms. The second-order valence-corrected chi connectivity index (χ2v) is 7.38. The van der Waals surface area contributed by atoms with Gasteiger partial charge in [0, 0.05) is 18.7 Å². The van der Waals surface area contributed by atoms with Crippen molar-refractivity contribution < 1.29 is 18.7 Å². The molecule has 154 valence electrons. The number of anilines is 1. The van der Waals surface area contributed by atoms with Gasteiger partial charge in [0.05, 0.1) is 16.5 Å². The number of benzene rings is 2. The first-order valence-electron chi connectivity index (χ1n) is 9.69. The number of rotatable bonds is 6. The molecular formula is C22H20ClN3O4. The molecule has 0 radical (unpaired) electrons. The highest BCUT2D eigenvalue weighted by Gasteiger charge is 2.37. The molecule has 2 heterocycles. The van der Waals surface area contributed by atoms with Gasteiger partial charge in [-0.05, 0) is 30.2 Å². The Morgan fingerprint density at radius 1 is 1.20 bits per heavy atom. The van der Waals surface area contributed by atoms with E-state index >= 15 is 0 Å². The number of carbonyl (C=O) groups is 2. The highest BCUT2D eigenvalue weighted by Crippen LogP contribution is 2.30. The number of ether oxygens (including phenoxy) is 1. The van der Waals surface area contributed by atoms with Crippen LogP contribution in [0.3, 0.4) is 0 Å². The van der Waals surface area contributed by atoms with Crippen molar-refractivity contribution in [3.05, 3.63) is 65.0 Å². The van der Waals surface area contributed by atoms with Gasteiger partial charge in [-0.1, -0.05) is 48.9 Å². The summed E-state index contributed by atoms with van der Waals surface area (Å²) in [5, 5.41) is 8.34. The zero-order chi connectivity index (χ0) is 21.1. The van der Waals surface area contributed by atoms with Crippen LogP contribution < -0.4 is 4.90 Å². The summed E-state index contributed by atoms with van der Waals surface area (Å²) in [6.07, 6.45) is 0.922. The first-order chi connectivity index (χ1) is 14.6. The maximum Gasteiger partial charge on any atom is 0.311 e. The molecule has 8 heteroatoms. The van der Waals surface area contributed by atoms with Crippen molar-refractivity contribution in [1.29, 1.82) is 0 Å². The summed E-state index contributed by atoms with van der Waals surface area (Å²) in [6.45, 7) is 2.17. The Balaban J connectivity index is 1.38. The van der Waals surface area contributed by atoms with Gasteiger partial charge in [0.25, 0.3) is 5.89 Å². The zero-order valence-corrected chi connectivity index (χ0v) is 17.1. The maximum absolute atomic E-state index is 12.5. The first-order valence-corrected chi connectivity index (χ1v) is 10.1. The molecule has 1 aliphatic heterocycles. The maximum atomic E-state index is 12.5. The monoisotopic (exact) mass is 425 g/mol. The van der Waals surface area contributed by atoms with Gasteiger partial charge in [0.1, 0.15) is 0 Å². The van der Waals surface area contributed by atoms with Crippen LogP contribution in [0.15, 0.2) is 52.9 Å². The number of aromatic nitrogens is 2. The number of hydrogen-bond acceptors (Lipinski definition) is 6. The molecule has 1 amide bonds. The number of amides is 1. The molecule has 4 rings (SSSR count). The average Bonchev–Trinajstić information content (AvgIpc) is 3.39. The standard InChI is InChI=1S/C22H20ClN3O4/c1-2-14-7-3-6-10-18(14)26-12-15(11-20(26)27)22(28)29-13-19-24-25-21(30-19)16-8-4-5-9-17(16)23/h3-10,15H,2,11-13H2,1H3. The third-order valence-corrected chi connectivity index (χ3v) is 5.36. The lowest BCUT2D eigenvalue weighted by Gasteiger charge is -2.19. The summed E-state index contributed by atoms with van der Waals surface area (Å²) in [6, 6.07) is 14.8. The first kappa shape index (κ1) is 20.1. The van der Waals surface area contributed by atoms with Crippen LogP contribution in [-0.2, 0) is 27.4 Å². The van der Waals surface area contributed by atoms with Gasteiger partial charge in [-0.15, -0.1) is 10.2 Å². The third-order valence-electron chi connectivity index (χ3n) is 5.03. The Bertz CT molecular complexity index is 1080. The minimum atomic E-state index is -0.534. The van der Waals surface area contributed by atoms with Crippen LogP contribution >= 0.6 is 11.6 Å².